The van der Waals surface area contributed by atoms with Crippen LogP contribution in [0.4, 0.5) is 5.69 Å². The summed E-state index contributed by atoms with van der Waals surface area (Å²) in [7, 11) is 3.21. The van der Waals surface area contributed by atoms with Crippen LogP contribution >= 0.6 is 11.6 Å². The first-order valence-corrected chi connectivity index (χ1v) is 11.9. The third-order valence-electron chi connectivity index (χ3n) is 6.37. The minimum Gasteiger partial charge on any atom is -0.493 e. The summed E-state index contributed by atoms with van der Waals surface area (Å²) < 4.78 is 10.8. The largest absolute Gasteiger partial charge is 0.493 e. The Morgan fingerprint density at radius 2 is 1.63 bits per heavy atom. The number of anilines is 1. The summed E-state index contributed by atoms with van der Waals surface area (Å²) in [6, 6.07) is 23.1. The summed E-state index contributed by atoms with van der Waals surface area (Å²) in [5.41, 5.74) is 4.07. The molecule has 0 aliphatic carbocycles. The molecule has 0 atom stereocenters. The van der Waals surface area contributed by atoms with Gasteiger partial charge in [-0.05, 0) is 48.5 Å². The van der Waals surface area contributed by atoms with Gasteiger partial charge in [0.1, 0.15) is 0 Å². The number of hydrogen-bond donors (Lipinski definition) is 0. The Morgan fingerprint density at radius 3 is 2.37 bits per heavy atom. The highest BCUT2D eigenvalue weighted by molar-refractivity contribution is 6.30. The average Bonchev–Trinajstić information content (AvgIpc) is 2.91. The third-order valence-corrected chi connectivity index (χ3v) is 6.60. The van der Waals surface area contributed by atoms with Crippen LogP contribution in [0.5, 0.6) is 11.5 Å². The number of amides is 1. The lowest BCUT2D eigenvalue weighted by molar-refractivity contribution is 0.0748. The number of methoxy groups -OCH3 is 2. The lowest BCUT2D eigenvalue weighted by Crippen LogP contribution is -2.48. The van der Waals surface area contributed by atoms with Gasteiger partial charge in [-0.25, -0.2) is 4.98 Å². The van der Waals surface area contributed by atoms with Gasteiger partial charge in [0.2, 0.25) is 0 Å². The van der Waals surface area contributed by atoms with Crippen LogP contribution in [0, 0.1) is 0 Å². The number of piperazine rings is 1. The van der Waals surface area contributed by atoms with Crippen molar-refractivity contribution in [1.29, 1.82) is 0 Å². The first-order valence-electron chi connectivity index (χ1n) is 11.5. The van der Waals surface area contributed by atoms with E-state index in [9.17, 15) is 4.79 Å². The molecule has 0 unspecified atom stereocenters. The molecule has 0 radical (unpaired) electrons. The third kappa shape index (κ3) is 4.62. The molecule has 1 aliphatic heterocycles. The van der Waals surface area contributed by atoms with Gasteiger partial charge in [-0.1, -0.05) is 35.9 Å². The fourth-order valence-corrected chi connectivity index (χ4v) is 4.69. The summed E-state index contributed by atoms with van der Waals surface area (Å²) in [5, 5.41) is 1.56. The van der Waals surface area contributed by atoms with Gasteiger partial charge in [0, 0.05) is 47.8 Å². The van der Waals surface area contributed by atoms with E-state index in [2.05, 4.69) is 11.0 Å². The molecule has 178 valence electrons. The predicted octanol–water partition coefficient (Wildman–Crippen LogP) is 5.53. The van der Waals surface area contributed by atoms with Crippen LogP contribution in [-0.4, -0.2) is 56.2 Å². The Labute approximate surface area is 209 Å². The van der Waals surface area contributed by atoms with Gasteiger partial charge in [0.25, 0.3) is 5.91 Å². The number of carbonyl (C=O) groups excluding carboxylic acids is 1. The van der Waals surface area contributed by atoms with Crippen molar-refractivity contribution in [2.24, 2.45) is 0 Å². The number of nitrogens with zero attached hydrogens (tertiary/aromatic N) is 3. The maximum Gasteiger partial charge on any atom is 0.254 e. The molecule has 7 heteroatoms. The summed E-state index contributed by atoms with van der Waals surface area (Å²) in [6.45, 7) is 2.76. The fraction of sp³-hybridized carbons (Fsp3) is 0.214. The fourth-order valence-electron chi connectivity index (χ4n) is 4.51. The second kappa shape index (κ2) is 9.84. The molecule has 4 aromatic rings. The van der Waals surface area contributed by atoms with E-state index < -0.39 is 0 Å². The number of rotatable bonds is 5. The smallest absolute Gasteiger partial charge is 0.254 e. The Kier molecular flexibility index (Phi) is 6.47. The molecule has 6 nitrogen and oxygen atoms in total. The lowest BCUT2D eigenvalue weighted by atomic mass is 10.0. The monoisotopic (exact) mass is 487 g/mol. The molecule has 2 heterocycles. The van der Waals surface area contributed by atoms with Crippen molar-refractivity contribution in [2.75, 3.05) is 45.3 Å². The second-order valence-corrected chi connectivity index (χ2v) is 8.84. The number of hydrogen-bond acceptors (Lipinski definition) is 5. The van der Waals surface area contributed by atoms with E-state index in [4.69, 9.17) is 26.1 Å². The molecule has 0 saturated carbocycles. The summed E-state index contributed by atoms with van der Waals surface area (Å²) >= 11 is 6.17. The molecule has 1 fully saturated rings. The van der Waals surface area contributed by atoms with Crippen molar-refractivity contribution >= 4 is 34.1 Å². The van der Waals surface area contributed by atoms with Crippen molar-refractivity contribution in [1.82, 2.24) is 9.88 Å². The Hall–Kier alpha value is -3.77. The summed E-state index contributed by atoms with van der Waals surface area (Å²) in [4.78, 5) is 22.7. The predicted molar refractivity (Wildman–Crippen MR) is 140 cm³/mol. The maximum atomic E-state index is 13.7. The molecular weight excluding hydrogens is 462 g/mol. The Bertz CT molecular complexity index is 1380. The summed E-state index contributed by atoms with van der Waals surface area (Å²) in [5.74, 6) is 1.27. The van der Waals surface area contributed by atoms with E-state index in [0.717, 1.165) is 35.2 Å². The SMILES string of the molecule is COc1ccc(-c2cc(C(=O)N3CCN(c4cccc(Cl)c4)CC3)c3ccccc3n2)cc1OC. The molecule has 3 aromatic carbocycles. The van der Waals surface area contributed by atoms with Crippen LogP contribution in [0.1, 0.15) is 10.4 Å². The zero-order chi connectivity index (χ0) is 24.4. The zero-order valence-corrected chi connectivity index (χ0v) is 20.5. The van der Waals surface area contributed by atoms with Gasteiger partial charge >= 0.3 is 0 Å². The number of aromatic nitrogens is 1. The number of para-hydroxylation sites is 1. The molecule has 0 bridgehead atoms. The van der Waals surface area contributed by atoms with Crippen molar-refractivity contribution in [3.63, 3.8) is 0 Å². The molecule has 35 heavy (non-hydrogen) atoms. The van der Waals surface area contributed by atoms with Gasteiger partial charge < -0.3 is 19.3 Å². The highest BCUT2D eigenvalue weighted by atomic mass is 35.5. The van der Waals surface area contributed by atoms with Crippen molar-refractivity contribution in [2.45, 2.75) is 0 Å². The molecular formula is C28H26ClN3O3. The first-order chi connectivity index (χ1) is 17.1. The van der Waals surface area contributed by atoms with Gasteiger partial charge in [0.15, 0.2) is 11.5 Å². The first kappa shape index (κ1) is 23.0. The van der Waals surface area contributed by atoms with E-state index in [1.54, 1.807) is 14.2 Å². The molecule has 1 amide bonds. The number of carbonyl (C=O) groups is 1. The maximum absolute atomic E-state index is 13.7. The van der Waals surface area contributed by atoms with Crippen LogP contribution < -0.4 is 14.4 Å². The molecule has 1 saturated heterocycles. The number of halogens is 1. The number of benzene rings is 3. The second-order valence-electron chi connectivity index (χ2n) is 8.40. The van der Waals surface area contributed by atoms with E-state index >= 15 is 0 Å². The number of ether oxygens (including phenoxy) is 2. The van der Waals surface area contributed by atoms with Crippen LogP contribution in [0.25, 0.3) is 22.2 Å². The van der Waals surface area contributed by atoms with E-state index in [0.29, 0.717) is 40.9 Å². The minimum absolute atomic E-state index is 0.0103. The van der Waals surface area contributed by atoms with Crippen LogP contribution in [-0.2, 0) is 0 Å². The number of pyridine rings is 1. The quantitative estimate of drug-likeness (QED) is 0.370. The molecule has 0 N–H and O–H groups in total. The van der Waals surface area contributed by atoms with E-state index in [1.165, 1.54) is 0 Å². The van der Waals surface area contributed by atoms with E-state index in [-0.39, 0.29) is 5.91 Å². The lowest BCUT2D eigenvalue weighted by Gasteiger charge is -2.36. The zero-order valence-electron chi connectivity index (χ0n) is 19.7. The van der Waals surface area contributed by atoms with Crippen LogP contribution in [0.15, 0.2) is 72.8 Å². The normalized spacial score (nSPS) is 13.7. The molecule has 1 aliphatic rings. The molecule has 0 spiro atoms. The van der Waals surface area contributed by atoms with E-state index in [1.807, 2.05) is 71.6 Å². The van der Waals surface area contributed by atoms with Gasteiger partial charge in [0.05, 0.1) is 31.0 Å². The Balaban J connectivity index is 1.45. The van der Waals surface area contributed by atoms with Crippen LogP contribution in [0.3, 0.4) is 0 Å². The number of fused-ring (bicyclic) bond motifs is 1. The van der Waals surface area contributed by atoms with Gasteiger partial charge in [-0.15, -0.1) is 0 Å². The Morgan fingerprint density at radius 1 is 0.857 bits per heavy atom. The average molecular weight is 488 g/mol. The topological polar surface area (TPSA) is 54.9 Å². The molecule has 1 aromatic heterocycles. The van der Waals surface area contributed by atoms with Crippen molar-refractivity contribution in [3.8, 4) is 22.8 Å². The standard InChI is InChI=1S/C28H26ClN3O3/c1-34-26-11-10-19(16-27(26)35-2)25-18-23(22-8-3-4-9-24(22)30-25)28(33)32-14-12-31(13-15-32)21-7-5-6-20(29)17-21/h3-11,16-18H,12-15H2,1-2H3. The van der Waals surface area contributed by atoms with Crippen molar-refractivity contribution < 1.29 is 14.3 Å². The highest BCUT2D eigenvalue weighted by Gasteiger charge is 2.25. The minimum atomic E-state index is 0.0103. The van der Waals surface area contributed by atoms with Gasteiger partial charge in [-0.3, -0.25) is 4.79 Å². The van der Waals surface area contributed by atoms with Gasteiger partial charge in [-0.2, -0.15) is 0 Å². The summed E-state index contributed by atoms with van der Waals surface area (Å²) in [6.07, 6.45) is 0. The highest BCUT2D eigenvalue weighted by Crippen LogP contribution is 2.33. The van der Waals surface area contributed by atoms with Crippen LogP contribution in [0.2, 0.25) is 5.02 Å². The molecule has 5 rings (SSSR count). The van der Waals surface area contributed by atoms with Crippen molar-refractivity contribution in [3.05, 3.63) is 83.4 Å².